The van der Waals surface area contributed by atoms with Crippen molar-refractivity contribution in [2.45, 2.75) is 43.9 Å². The molecule has 3 aromatic carbocycles. The number of nitrogens with zero attached hydrogens (tertiary/aromatic N) is 2. The van der Waals surface area contributed by atoms with Crippen LogP contribution in [0.1, 0.15) is 49.3 Å². The Labute approximate surface area is 173 Å². The van der Waals surface area contributed by atoms with E-state index in [0.29, 0.717) is 0 Å². The smallest absolute Gasteiger partial charge is 0.198 e. The third kappa shape index (κ3) is 2.44. The maximum absolute atomic E-state index is 6.60. The summed E-state index contributed by atoms with van der Waals surface area (Å²) in [6.45, 7) is 0. The summed E-state index contributed by atoms with van der Waals surface area (Å²) in [4.78, 5) is 0. The quantitative estimate of drug-likeness (QED) is 0.443. The first-order chi connectivity index (χ1) is 13.7. The van der Waals surface area contributed by atoms with Gasteiger partial charge in [-0.1, -0.05) is 52.3 Å². The molecule has 0 aromatic heterocycles. The molecule has 28 heavy (non-hydrogen) atoms. The van der Waals surface area contributed by atoms with Gasteiger partial charge < -0.3 is 4.74 Å². The fourth-order valence-corrected chi connectivity index (χ4v) is 5.43. The van der Waals surface area contributed by atoms with Crippen LogP contribution in [0.15, 0.2) is 70.2 Å². The highest BCUT2D eigenvalue weighted by Crippen LogP contribution is 2.52. The highest BCUT2D eigenvalue weighted by Gasteiger charge is 2.51. The Hall–Kier alpha value is -2.33. The van der Waals surface area contributed by atoms with Gasteiger partial charge in [-0.2, -0.15) is 5.10 Å². The van der Waals surface area contributed by atoms with Crippen molar-refractivity contribution in [2.24, 2.45) is 5.10 Å². The molecule has 2 heterocycles. The van der Waals surface area contributed by atoms with Gasteiger partial charge in [0.15, 0.2) is 5.72 Å². The Morgan fingerprint density at radius 1 is 0.964 bits per heavy atom. The Balaban J connectivity index is 1.46. The van der Waals surface area contributed by atoms with Gasteiger partial charge in [0.2, 0.25) is 0 Å². The fraction of sp³-hybridized carbons (Fsp3) is 0.292. The van der Waals surface area contributed by atoms with E-state index in [1.165, 1.54) is 40.5 Å². The molecular formula is C24H21BrN2O. The van der Waals surface area contributed by atoms with Crippen molar-refractivity contribution in [1.29, 1.82) is 0 Å². The highest BCUT2D eigenvalue weighted by atomic mass is 79.9. The van der Waals surface area contributed by atoms with Crippen molar-refractivity contribution < 1.29 is 4.74 Å². The van der Waals surface area contributed by atoms with E-state index in [0.717, 1.165) is 29.5 Å². The van der Waals surface area contributed by atoms with E-state index in [-0.39, 0.29) is 11.8 Å². The van der Waals surface area contributed by atoms with Crippen LogP contribution in [0.5, 0.6) is 5.75 Å². The molecular weight excluding hydrogens is 412 g/mol. The Morgan fingerprint density at radius 2 is 1.79 bits per heavy atom. The van der Waals surface area contributed by atoms with E-state index in [1.807, 2.05) is 0 Å². The Bertz CT molecular complexity index is 1120. The predicted octanol–water partition coefficient (Wildman–Crippen LogP) is 6.42. The van der Waals surface area contributed by atoms with E-state index in [1.54, 1.807) is 0 Å². The van der Waals surface area contributed by atoms with Crippen molar-refractivity contribution in [2.75, 3.05) is 0 Å². The zero-order chi connectivity index (χ0) is 18.7. The number of rotatable bonds is 1. The predicted molar refractivity (Wildman–Crippen MR) is 116 cm³/mol. The van der Waals surface area contributed by atoms with E-state index < -0.39 is 0 Å². The van der Waals surface area contributed by atoms with Gasteiger partial charge in [0, 0.05) is 29.3 Å². The van der Waals surface area contributed by atoms with Crippen molar-refractivity contribution in [1.82, 2.24) is 5.01 Å². The molecule has 1 unspecified atom stereocenters. The molecule has 6 rings (SSSR count). The van der Waals surface area contributed by atoms with Crippen LogP contribution >= 0.6 is 15.9 Å². The van der Waals surface area contributed by atoms with Crippen LogP contribution in [-0.4, -0.2) is 16.4 Å². The third-order valence-electron chi connectivity index (χ3n) is 6.43. The zero-order valence-electron chi connectivity index (χ0n) is 15.6. The van der Waals surface area contributed by atoms with Gasteiger partial charge in [0.1, 0.15) is 5.75 Å². The first kappa shape index (κ1) is 16.6. The average molecular weight is 433 g/mol. The van der Waals surface area contributed by atoms with Gasteiger partial charge >= 0.3 is 0 Å². The molecule has 1 aliphatic carbocycles. The summed E-state index contributed by atoms with van der Waals surface area (Å²) in [5.41, 5.74) is 3.35. The minimum absolute atomic E-state index is 0.251. The number of halogens is 1. The van der Waals surface area contributed by atoms with Gasteiger partial charge in [-0.05, 0) is 53.4 Å². The molecule has 4 heteroatoms. The SMILES string of the molecule is Brc1ccc2c(c1)C1CC(c3ccc4ccccc4c3)=NN1C1(CCCC1)O2. The summed E-state index contributed by atoms with van der Waals surface area (Å²) in [6, 6.07) is 21.9. The minimum Gasteiger partial charge on any atom is -0.466 e. The second-order valence-electron chi connectivity index (χ2n) is 8.11. The Kier molecular flexibility index (Phi) is 3.61. The van der Waals surface area contributed by atoms with Gasteiger partial charge in [-0.15, -0.1) is 0 Å². The zero-order valence-corrected chi connectivity index (χ0v) is 17.2. The lowest BCUT2D eigenvalue weighted by molar-refractivity contribution is -0.114. The topological polar surface area (TPSA) is 24.8 Å². The summed E-state index contributed by atoms with van der Waals surface area (Å²) >= 11 is 3.64. The highest BCUT2D eigenvalue weighted by molar-refractivity contribution is 9.10. The molecule has 1 fully saturated rings. The molecule has 0 amide bonds. The lowest BCUT2D eigenvalue weighted by atomic mass is 9.93. The summed E-state index contributed by atoms with van der Waals surface area (Å²) in [7, 11) is 0. The number of fused-ring (bicyclic) bond motifs is 5. The number of benzene rings is 3. The standard InChI is InChI=1S/C24H21BrN2O/c25-19-9-10-23-20(14-19)22-15-21(26-27(22)24(28-23)11-3-4-12-24)18-8-7-16-5-1-2-6-17(16)13-18/h1-2,5-10,13-14,22H,3-4,11-12,15H2. The molecule has 3 aromatic rings. The first-order valence-corrected chi connectivity index (χ1v) is 10.9. The molecule has 1 atom stereocenters. The molecule has 0 radical (unpaired) electrons. The lowest BCUT2D eigenvalue weighted by Crippen LogP contribution is -2.51. The van der Waals surface area contributed by atoms with Gasteiger partial charge in [-0.3, -0.25) is 0 Å². The normalized spacial score (nSPS) is 22.1. The molecule has 0 N–H and O–H groups in total. The summed E-state index contributed by atoms with van der Waals surface area (Å²) < 4.78 is 7.70. The van der Waals surface area contributed by atoms with Crippen molar-refractivity contribution >= 4 is 32.4 Å². The number of hydrogen-bond donors (Lipinski definition) is 0. The number of hydrazone groups is 1. The number of ether oxygens (including phenoxy) is 1. The van der Waals surface area contributed by atoms with Gasteiger partial charge in [0.05, 0.1) is 11.8 Å². The van der Waals surface area contributed by atoms with Crippen LogP contribution in [0.3, 0.4) is 0 Å². The summed E-state index contributed by atoms with van der Waals surface area (Å²) in [6.07, 6.45) is 5.43. The maximum Gasteiger partial charge on any atom is 0.198 e. The molecule has 0 bridgehead atoms. The van der Waals surface area contributed by atoms with Gasteiger partial charge in [0.25, 0.3) is 0 Å². The van der Waals surface area contributed by atoms with E-state index in [2.05, 4.69) is 81.6 Å². The average Bonchev–Trinajstić information content (AvgIpc) is 3.37. The second kappa shape index (κ2) is 6.08. The molecule has 2 aliphatic heterocycles. The van der Waals surface area contributed by atoms with Crippen molar-refractivity contribution in [3.63, 3.8) is 0 Å². The van der Waals surface area contributed by atoms with Crippen LogP contribution in [0.4, 0.5) is 0 Å². The monoisotopic (exact) mass is 432 g/mol. The van der Waals surface area contributed by atoms with E-state index in [4.69, 9.17) is 9.84 Å². The minimum atomic E-state index is -0.274. The van der Waals surface area contributed by atoms with Crippen LogP contribution < -0.4 is 4.74 Å². The summed E-state index contributed by atoms with van der Waals surface area (Å²) in [5.74, 6) is 1.03. The van der Waals surface area contributed by atoms with E-state index in [9.17, 15) is 0 Å². The first-order valence-electron chi connectivity index (χ1n) is 10.1. The molecule has 1 spiro atoms. The second-order valence-corrected chi connectivity index (χ2v) is 9.03. The largest absolute Gasteiger partial charge is 0.466 e. The van der Waals surface area contributed by atoms with Crippen molar-refractivity contribution in [3.8, 4) is 5.75 Å². The van der Waals surface area contributed by atoms with E-state index >= 15 is 0 Å². The van der Waals surface area contributed by atoms with Gasteiger partial charge in [-0.25, -0.2) is 5.01 Å². The molecule has 1 saturated carbocycles. The molecule has 3 aliphatic rings. The molecule has 3 nitrogen and oxygen atoms in total. The molecule has 140 valence electrons. The van der Waals surface area contributed by atoms with Crippen LogP contribution in [0.25, 0.3) is 10.8 Å². The van der Waals surface area contributed by atoms with Crippen LogP contribution in [0, 0.1) is 0 Å². The summed E-state index contributed by atoms with van der Waals surface area (Å²) in [5, 5.41) is 9.99. The third-order valence-corrected chi connectivity index (χ3v) is 6.92. The Morgan fingerprint density at radius 3 is 2.64 bits per heavy atom. The van der Waals surface area contributed by atoms with Crippen molar-refractivity contribution in [3.05, 3.63) is 76.3 Å². The maximum atomic E-state index is 6.60. The number of hydrogen-bond acceptors (Lipinski definition) is 3. The molecule has 0 saturated heterocycles. The van der Waals surface area contributed by atoms with Crippen LogP contribution in [-0.2, 0) is 0 Å². The lowest BCUT2D eigenvalue weighted by Gasteiger charge is -2.45. The fourth-order valence-electron chi connectivity index (χ4n) is 5.05. The van der Waals surface area contributed by atoms with Crippen LogP contribution in [0.2, 0.25) is 0 Å².